The number of fused-ring (bicyclic) bond motifs is 1. The predicted octanol–water partition coefficient (Wildman–Crippen LogP) is 2.76. The van der Waals surface area contributed by atoms with Gasteiger partial charge >= 0.3 is 6.18 Å². The Morgan fingerprint density at radius 3 is 2.21 bits per heavy atom. The SMILES string of the molecule is CC(C)(N)Cc1ccc(C(F)(F)F)c2c1OCCO2. The fraction of sp³-hybridized carbons (Fsp3) is 0.538. The summed E-state index contributed by atoms with van der Waals surface area (Å²) in [7, 11) is 0. The molecule has 106 valence electrons. The minimum atomic E-state index is -4.46. The first-order valence-corrected chi connectivity index (χ1v) is 5.96. The van der Waals surface area contributed by atoms with Crippen LogP contribution in [0.1, 0.15) is 25.0 Å². The smallest absolute Gasteiger partial charge is 0.420 e. The number of benzene rings is 1. The van der Waals surface area contributed by atoms with Crippen LogP contribution in [0.3, 0.4) is 0 Å². The minimum Gasteiger partial charge on any atom is -0.486 e. The van der Waals surface area contributed by atoms with Crippen LogP contribution < -0.4 is 15.2 Å². The van der Waals surface area contributed by atoms with E-state index in [-0.39, 0.29) is 24.7 Å². The maximum atomic E-state index is 12.9. The Morgan fingerprint density at radius 1 is 1.11 bits per heavy atom. The van der Waals surface area contributed by atoms with Crippen molar-refractivity contribution in [3.05, 3.63) is 23.3 Å². The Labute approximate surface area is 109 Å². The molecule has 1 aliphatic heterocycles. The van der Waals surface area contributed by atoms with Crippen molar-refractivity contribution in [1.82, 2.24) is 0 Å². The molecular formula is C13H16F3NO2. The molecule has 1 aromatic carbocycles. The van der Waals surface area contributed by atoms with Gasteiger partial charge in [-0.3, -0.25) is 0 Å². The molecule has 0 atom stereocenters. The molecule has 0 radical (unpaired) electrons. The molecule has 0 aromatic heterocycles. The lowest BCUT2D eigenvalue weighted by Gasteiger charge is -2.27. The molecule has 0 aliphatic carbocycles. The third-order valence-corrected chi connectivity index (χ3v) is 2.72. The molecule has 0 amide bonds. The van der Waals surface area contributed by atoms with Gasteiger partial charge in [-0.25, -0.2) is 0 Å². The van der Waals surface area contributed by atoms with Gasteiger partial charge in [0.2, 0.25) is 0 Å². The van der Waals surface area contributed by atoms with Gasteiger partial charge in [-0.05, 0) is 31.9 Å². The molecule has 0 unspecified atom stereocenters. The quantitative estimate of drug-likeness (QED) is 0.902. The highest BCUT2D eigenvalue weighted by atomic mass is 19.4. The molecule has 2 rings (SSSR count). The van der Waals surface area contributed by atoms with Crippen molar-refractivity contribution in [3.63, 3.8) is 0 Å². The second-order valence-corrected chi connectivity index (χ2v) is 5.29. The molecule has 0 fully saturated rings. The van der Waals surface area contributed by atoms with Gasteiger partial charge in [0.05, 0.1) is 0 Å². The first kappa shape index (κ1) is 14.0. The highest BCUT2D eigenvalue weighted by Gasteiger charge is 2.38. The van der Waals surface area contributed by atoms with E-state index in [9.17, 15) is 13.2 Å². The van der Waals surface area contributed by atoms with Crippen molar-refractivity contribution in [2.75, 3.05) is 13.2 Å². The van der Waals surface area contributed by atoms with E-state index in [1.807, 2.05) is 0 Å². The lowest BCUT2D eigenvalue weighted by molar-refractivity contribution is -0.139. The van der Waals surface area contributed by atoms with E-state index >= 15 is 0 Å². The summed E-state index contributed by atoms with van der Waals surface area (Å²) < 4.78 is 49.2. The largest absolute Gasteiger partial charge is 0.486 e. The molecule has 0 saturated heterocycles. The monoisotopic (exact) mass is 275 g/mol. The van der Waals surface area contributed by atoms with Crippen LogP contribution in [0.4, 0.5) is 13.2 Å². The van der Waals surface area contributed by atoms with Crippen LogP contribution in [0.25, 0.3) is 0 Å². The summed E-state index contributed by atoms with van der Waals surface area (Å²) in [6.07, 6.45) is -4.04. The minimum absolute atomic E-state index is 0.117. The van der Waals surface area contributed by atoms with Crippen LogP contribution in [-0.2, 0) is 12.6 Å². The van der Waals surface area contributed by atoms with Crippen LogP contribution in [0.2, 0.25) is 0 Å². The van der Waals surface area contributed by atoms with Crippen molar-refractivity contribution in [2.24, 2.45) is 5.73 Å². The van der Waals surface area contributed by atoms with E-state index in [0.29, 0.717) is 12.0 Å². The Morgan fingerprint density at radius 2 is 1.68 bits per heavy atom. The second-order valence-electron chi connectivity index (χ2n) is 5.29. The first-order chi connectivity index (χ1) is 8.68. The molecule has 0 saturated carbocycles. The van der Waals surface area contributed by atoms with E-state index in [0.717, 1.165) is 6.07 Å². The van der Waals surface area contributed by atoms with Crippen molar-refractivity contribution in [2.45, 2.75) is 32.0 Å². The summed E-state index contributed by atoms with van der Waals surface area (Å²) in [4.78, 5) is 0. The topological polar surface area (TPSA) is 44.5 Å². The molecule has 1 aromatic rings. The van der Waals surface area contributed by atoms with Crippen LogP contribution in [-0.4, -0.2) is 18.8 Å². The van der Waals surface area contributed by atoms with Crippen LogP contribution in [0.15, 0.2) is 12.1 Å². The zero-order valence-corrected chi connectivity index (χ0v) is 10.8. The summed E-state index contributed by atoms with van der Waals surface area (Å²) in [6.45, 7) is 3.97. The number of alkyl halides is 3. The lowest BCUT2D eigenvalue weighted by atomic mass is 9.94. The summed E-state index contributed by atoms with van der Waals surface area (Å²) in [6, 6.07) is 2.43. The van der Waals surface area contributed by atoms with Crippen LogP contribution in [0.5, 0.6) is 11.5 Å². The van der Waals surface area contributed by atoms with Gasteiger partial charge < -0.3 is 15.2 Å². The van der Waals surface area contributed by atoms with Crippen LogP contribution >= 0.6 is 0 Å². The van der Waals surface area contributed by atoms with Gasteiger partial charge in [0.1, 0.15) is 18.8 Å². The van der Waals surface area contributed by atoms with Gasteiger partial charge in [-0.2, -0.15) is 13.2 Å². The van der Waals surface area contributed by atoms with Crippen molar-refractivity contribution >= 4 is 0 Å². The van der Waals surface area contributed by atoms with E-state index < -0.39 is 17.3 Å². The van der Waals surface area contributed by atoms with E-state index in [2.05, 4.69) is 0 Å². The van der Waals surface area contributed by atoms with Crippen molar-refractivity contribution in [1.29, 1.82) is 0 Å². The van der Waals surface area contributed by atoms with Gasteiger partial charge in [-0.15, -0.1) is 0 Å². The Bertz CT molecular complexity index is 478. The number of hydrogen-bond donors (Lipinski definition) is 1. The predicted molar refractivity (Wildman–Crippen MR) is 64.4 cm³/mol. The molecule has 2 N–H and O–H groups in total. The van der Waals surface area contributed by atoms with Crippen molar-refractivity contribution in [3.8, 4) is 11.5 Å². The van der Waals surface area contributed by atoms with Crippen molar-refractivity contribution < 1.29 is 22.6 Å². The lowest BCUT2D eigenvalue weighted by Crippen LogP contribution is -2.35. The maximum absolute atomic E-state index is 12.9. The molecule has 3 nitrogen and oxygen atoms in total. The number of rotatable bonds is 2. The molecular weight excluding hydrogens is 259 g/mol. The fourth-order valence-electron chi connectivity index (χ4n) is 2.05. The summed E-state index contributed by atoms with van der Waals surface area (Å²) in [5, 5.41) is 0. The van der Waals surface area contributed by atoms with Gasteiger partial charge in [0.15, 0.2) is 11.5 Å². The average Bonchev–Trinajstić information content (AvgIpc) is 2.25. The van der Waals surface area contributed by atoms with Gasteiger partial charge in [0.25, 0.3) is 0 Å². The van der Waals surface area contributed by atoms with Crippen LogP contribution in [0, 0.1) is 0 Å². The second kappa shape index (κ2) is 4.59. The summed E-state index contributed by atoms with van der Waals surface area (Å²) in [5.41, 5.74) is 5.20. The standard InChI is InChI=1S/C13H16F3NO2/c1-12(2,17)7-8-3-4-9(13(14,15)16)11-10(8)18-5-6-19-11/h3-4H,5-7,17H2,1-2H3. The third kappa shape index (κ3) is 3.12. The fourth-order valence-corrected chi connectivity index (χ4v) is 2.05. The highest BCUT2D eigenvalue weighted by molar-refractivity contribution is 5.54. The number of nitrogens with two attached hydrogens (primary N) is 1. The van der Waals surface area contributed by atoms with E-state index in [1.165, 1.54) is 6.07 Å². The van der Waals surface area contributed by atoms with E-state index in [4.69, 9.17) is 15.2 Å². The zero-order chi connectivity index (χ0) is 14.3. The summed E-state index contributed by atoms with van der Waals surface area (Å²) >= 11 is 0. The Kier molecular flexibility index (Phi) is 3.38. The summed E-state index contributed by atoms with van der Waals surface area (Å²) in [5.74, 6) is -0.0555. The Balaban J connectivity index is 2.49. The number of ether oxygens (including phenoxy) is 2. The van der Waals surface area contributed by atoms with Gasteiger partial charge in [-0.1, -0.05) is 6.07 Å². The Hall–Kier alpha value is -1.43. The average molecular weight is 275 g/mol. The zero-order valence-electron chi connectivity index (χ0n) is 10.8. The number of halogens is 3. The van der Waals surface area contributed by atoms with E-state index in [1.54, 1.807) is 13.8 Å². The first-order valence-electron chi connectivity index (χ1n) is 5.96. The normalized spacial score (nSPS) is 15.5. The molecule has 0 spiro atoms. The molecule has 0 bridgehead atoms. The number of hydrogen-bond acceptors (Lipinski definition) is 3. The molecule has 19 heavy (non-hydrogen) atoms. The molecule has 1 heterocycles. The molecule has 1 aliphatic rings. The molecule has 6 heteroatoms. The maximum Gasteiger partial charge on any atom is 0.420 e. The highest BCUT2D eigenvalue weighted by Crippen LogP contribution is 2.45. The third-order valence-electron chi connectivity index (χ3n) is 2.72. The van der Waals surface area contributed by atoms with Gasteiger partial charge in [0, 0.05) is 5.54 Å².